The zero-order chi connectivity index (χ0) is 19.4. The van der Waals surface area contributed by atoms with Gasteiger partial charge in [-0.1, -0.05) is 17.7 Å². The fourth-order valence-electron chi connectivity index (χ4n) is 3.14. The van der Waals surface area contributed by atoms with Crippen LogP contribution in [0.4, 0.5) is 16.2 Å². The van der Waals surface area contributed by atoms with Gasteiger partial charge in [0.2, 0.25) is 5.91 Å². The molecule has 6 heteroatoms. The van der Waals surface area contributed by atoms with E-state index in [1.165, 1.54) is 5.56 Å². The summed E-state index contributed by atoms with van der Waals surface area (Å²) in [5.41, 5.74) is 3.89. The molecule has 0 spiro atoms. The molecule has 1 heterocycles. The summed E-state index contributed by atoms with van der Waals surface area (Å²) in [4.78, 5) is 26.6. The number of nitrogens with one attached hydrogen (secondary N) is 2. The van der Waals surface area contributed by atoms with Gasteiger partial charge >= 0.3 is 6.03 Å². The third-order valence-corrected chi connectivity index (χ3v) is 5.27. The second kappa shape index (κ2) is 8.44. The van der Waals surface area contributed by atoms with Gasteiger partial charge in [0, 0.05) is 35.4 Å². The molecule has 1 aliphatic rings. The van der Waals surface area contributed by atoms with Crippen LogP contribution in [-0.4, -0.2) is 29.9 Å². The molecule has 0 unspecified atom stereocenters. The summed E-state index contributed by atoms with van der Waals surface area (Å²) in [5, 5.41) is 6.49. The van der Waals surface area contributed by atoms with Crippen molar-refractivity contribution in [3.8, 4) is 0 Å². The van der Waals surface area contributed by atoms with Crippen molar-refractivity contribution in [3.05, 3.63) is 58.6 Å². The Hall–Kier alpha value is -2.53. The van der Waals surface area contributed by atoms with Crippen molar-refractivity contribution < 1.29 is 9.59 Å². The van der Waals surface area contributed by atoms with Crippen LogP contribution in [0.1, 0.15) is 24.0 Å². The molecule has 1 aliphatic heterocycles. The third-order valence-electron chi connectivity index (χ3n) is 5.02. The second-order valence-electron chi connectivity index (χ2n) is 6.99. The minimum absolute atomic E-state index is 0.0241. The fourth-order valence-corrected chi connectivity index (χ4v) is 3.27. The number of hydrogen-bond donors (Lipinski definition) is 2. The number of urea groups is 1. The van der Waals surface area contributed by atoms with Crippen LogP contribution in [0.25, 0.3) is 0 Å². The van der Waals surface area contributed by atoms with Crippen LogP contribution in [0.3, 0.4) is 0 Å². The maximum atomic E-state index is 12.5. The normalized spacial score (nSPS) is 14.7. The monoisotopic (exact) mass is 385 g/mol. The van der Waals surface area contributed by atoms with E-state index in [0.29, 0.717) is 36.6 Å². The summed E-state index contributed by atoms with van der Waals surface area (Å²) in [5.74, 6) is -0.0535. The molecule has 5 nitrogen and oxygen atoms in total. The molecule has 1 saturated heterocycles. The summed E-state index contributed by atoms with van der Waals surface area (Å²) in [7, 11) is 0. The van der Waals surface area contributed by atoms with Gasteiger partial charge in [-0.2, -0.15) is 0 Å². The first-order chi connectivity index (χ1) is 12.9. The molecular formula is C21H24ClN3O2. The number of carbonyl (C=O) groups excluding carboxylic acids is 2. The number of benzene rings is 2. The highest BCUT2D eigenvalue weighted by Crippen LogP contribution is 2.22. The lowest BCUT2D eigenvalue weighted by molar-refractivity contribution is -0.121. The molecule has 1 fully saturated rings. The topological polar surface area (TPSA) is 61.4 Å². The largest absolute Gasteiger partial charge is 0.326 e. The summed E-state index contributed by atoms with van der Waals surface area (Å²) < 4.78 is 0. The van der Waals surface area contributed by atoms with E-state index >= 15 is 0 Å². The Morgan fingerprint density at radius 2 is 1.56 bits per heavy atom. The van der Waals surface area contributed by atoms with Gasteiger partial charge in [0.05, 0.1) is 0 Å². The van der Waals surface area contributed by atoms with Crippen molar-refractivity contribution in [3.63, 3.8) is 0 Å². The van der Waals surface area contributed by atoms with Crippen LogP contribution in [0, 0.1) is 19.8 Å². The Balaban J connectivity index is 1.50. The number of likely N-dealkylation sites (tertiary alicyclic amines) is 1. The van der Waals surface area contributed by atoms with Gasteiger partial charge in [0.1, 0.15) is 0 Å². The molecule has 142 valence electrons. The number of nitrogens with zero attached hydrogens (tertiary/aromatic N) is 1. The first-order valence-electron chi connectivity index (χ1n) is 9.12. The average molecular weight is 386 g/mol. The van der Waals surface area contributed by atoms with Crippen LogP contribution < -0.4 is 10.6 Å². The third kappa shape index (κ3) is 5.01. The quantitative estimate of drug-likeness (QED) is 0.794. The molecule has 0 aromatic heterocycles. The lowest BCUT2D eigenvalue weighted by Crippen LogP contribution is -2.43. The maximum Gasteiger partial charge on any atom is 0.321 e. The fraction of sp³-hybridized carbons (Fsp3) is 0.333. The minimum Gasteiger partial charge on any atom is -0.326 e. The van der Waals surface area contributed by atoms with E-state index in [0.717, 1.165) is 11.3 Å². The van der Waals surface area contributed by atoms with Gasteiger partial charge in [-0.05, 0) is 74.2 Å². The highest BCUT2D eigenvalue weighted by Gasteiger charge is 2.27. The zero-order valence-corrected chi connectivity index (χ0v) is 16.3. The van der Waals surface area contributed by atoms with Crippen LogP contribution in [-0.2, 0) is 4.79 Å². The van der Waals surface area contributed by atoms with Crippen molar-refractivity contribution in [2.75, 3.05) is 23.7 Å². The molecule has 0 atom stereocenters. The molecule has 27 heavy (non-hydrogen) atoms. The highest BCUT2D eigenvalue weighted by atomic mass is 35.5. The molecule has 2 aromatic rings. The predicted octanol–water partition coefficient (Wildman–Crippen LogP) is 4.84. The molecule has 0 aliphatic carbocycles. The van der Waals surface area contributed by atoms with Crippen molar-refractivity contribution in [2.24, 2.45) is 5.92 Å². The molecule has 3 rings (SSSR count). The van der Waals surface area contributed by atoms with Crippen molar-refractivity contribution in [1.29, 1.82) is 0 Å². The Labute approximate surface area is 164 Å². The van der Waals surface area contributed by atoms with Crippen molar-refractivity contribution in [2.45, 2.75) is 26.7 Å². The molecule has 3 amide bonds. The van der Waals surface area contributed by atoms with Crippen LogP contribution in [0.15, 0.2) is 42.5 Å². The Kier molecular flexibility index (Phi) is 6.01. The second-order valence-corrected chi connectivity index (χ2v) is 7.42. The standard InChI is InChI=1S/C21H24ClN3O2/c1-14-3-6-19(13-15(14)2)23-20(26)16-9-11-25(12-10-16)21(27)24-18-7-4-17(22)5-8-18/h3-8,13,16H,9-12H2,1-2H3,(H,23,26)(H,24,27). The zero-order valence-electron chi connectivity index (χ0n) is 15.6. The predicted molar refractivity (Wildman–Crippen MR) is 109 cm³/mol. The number of amides is 3. The SMILES string of the molecule is Cc1ccc(NC(=O)C2CCN(C(=O)Nc3ccc(Cl)cc3)CC2)cc1C. The number of rotatable bonds is 3. The van der Waals surface area contributed by atoms with Crippen molar-refractivity contribution in [1.82, 2.24) is 4.90 Å². The molecular weight excluding hydrogens is 362 g/mol. The van der Waals surface area contributed by atoms with E-state index in [9.17, 15) is 9.59 Å². The van der Waals surface area contributed by atoms with E-state index in [2.05, 4.69) is 10.6 Å². The number of piperidine rings is 1. The molecule has 2 aromatic carbocycles. The number of carbonyl (C=O) groups is 2. The summed E-state index contributed by atoms with van der Waals surface area (Å²) in [6.45, 7) is 5.20. The van der Waals surface area contributed by atoms with Crippen molar-refractivity contribution >= 4 is 34.9 Å². The van der Waals surface area contributed by atoms with E-state index in [1.807, 2.05) is 32.0 Å². The number of anilines is 2. The Bertz CT molecular complexity index is 828. The molecule has 0 bridgehead atoms. The van der Waals surface area contributed by atoms with Crippen LogP contribution in [0.2, 0.25) is 5.02 Å². The van der Waals surface area contributed by atoms with Gasteiger partial charge in [-0.15, -0.1) is 0 Å². The van der Waals surface area contributed by atoms with E-state index in [1.54, 1.807) is 29.2 Å². The van der Waals surface area contributed by atoms with Crippen LogP contribution in [0.5, 0.6) is 0 Å². The minimum atomic E-state index is -0.148. The smallest absolute Gasteiger partial charge is 0.321 e. The molecule has 0 radical (unpaired) electrons. The Morgan fingerprint density at radius 3 is 2.19 bits per heavy atom. The van der Waals surface area contributed by atoms with Gasteiger partial charge in [-0.3, -0.25) is 4.79 Å². The Morgan fingerprint density at radius 1 is 0.926 bits per heavy atom. The van der Waals surface area contributed by atoms with E-state index < -0.39 is 0 Å². The number of halogens is 1. The van der Waals surface area contributed by atoms with Gasteiger partial charge in [-0.25, -0.2) is 4.79 Å². The van der Waals surface area contributed by atoms with Gasteiger partial charge in [0.25, 0.3) is 0 Å². The van der Waals surface area contributed by atoms with Gasteiger partial charge < -0.3 is 15.5 Å². The lowest BCUT2D eigenvalue weighted by atomic mass is 9.96. The number of aryl methyl sites for hydroxylation is 2. The van der Waals surface area contributed by atoms with E-state index in [-0.39, 0.29) is 17.9 Å². The first-order valence-corrected chi connectivity index (χ1v) is 9.50. The average Bonchev–Trinajstić information content (AvgIpc) is 2.66. The summed E-state index contributed by atoms with van der Waals surface area (Å²) in [6, 6.07) is 12.8. The first kappa shape index (κ1) is 19.2. The maximum absolute atomic E-state index is 12.5. The van der Waals surface area contributed by atoms with Crippen LogP contribution >= 0.6 is 11.6 Å². The summed E-state index contributed by atoms with van der Waals surface area (Å²) >= 11 is 5.86. The molecule has 2 N–H and O–H groups in total. The number of hydrogen-bond acceptors (Lipinski definition) is 2. The summed E-state index contributed by atoms with van der Waals surface area (Å²) in [6.07, 6.45) is 1.31. The highest BCUT2D eigenvalue weighted by molar-refractivity contribution is 6.30. The van der Waals surface area contributed by atoms with Gasteiger partial charge in [0.15, 0.2) is 0 Å². The lowest BCUT2D eigenvalue weighted by Gasteiger charge is -2.31. The van der Waals surface area contributed by atoms with E-state index in [4.69, 9.17) is 11.6 Å². The molecule has 0 saturated carbocycles.